The minimum absolute atomic E-state index is 0.0512. The predicted octanol–water partition coefficient (Wildman–Crippen LogP) is 6.47. The van der Waals surface area contributed by atoms with Crippen LogP contribution >= 0.6 is 11.6 Å². The van der Waals surface area contributed by atoms with Gasteiger partial charge in [-0.1, -0.05) is 74.8 Å². The molecule has 0 N–H and O–H groups in total. The number of methoxy groups -OCH3 is 1. The van der Waals surface area contributed by atoms with Crippen molar-refractivity contribution < 1.29 is 28.6 Å². The number of Topliss-reactive ketones (excluding diaryl/α,β-unsaturated/α-hetero) is 1. The lowest BCUT2D eigenvalue weighted by Crippen LogP contribution is -2.28. The normalized spacial score (nSPS) is 13.3. The summed E-state index contributed by atoms with van der Waals surface area (Å²) in [6.45, 7) is 6.85. The molecule has 0 spiro atoms. The first kappa shape index (κ1) is 29.8. The minimum Gasteiger partial charge on any atom is -0.493 e. The number of carbonyl (C=O) groups is 3. The van der Waals surface area contributed by atoms with Crippen LogP contribution in [0.3, 0.4) is 0 Å². The van der Waals surface area contributed by atoms with Gasteiger partial charge in [0.25, 0.3) is 0 Å². The van der Waals surface area contributed by atoms with Crippen LogP contribution in [0.1, 0.15) is 61.6 Å². The number of hydrogen-bond acceptors (Lipinski definition) is 7. The van der Waals surface area contributed by atoms with E-state index < -0.39 is 35.7 Å². The fraction of sp³-hybridized carbons (Fsp3) is 0.355. The van der Waals surface area contributed by atoms with Gasteiger partial charge in [-0.25, -0.2) is 4.98 Å². The molecule has 3 rings (SSSR count). The molecule has 3 atom stereocenters. The highest BCUT2D eigenvalue weighted by atomic mass is 35.5. The summed E-state index contributed by atoms with van der Waals surface area (Å²) < 4.78 is 16.6. The molecular weight excluding hydrogens is 518 g/mol. The molecule has 8 heteroatoms. The topological polar surface area (TPSA) is 91.8 Å². The number of esters is 2. The third-order valence-corrected chi connectivity index (χ3v) is 6.64. The summed E-state index contributed by atoms with van der Waals surface area (Å²) >= 11 is 6.05. The molecule has 0 saturated carbocycles. The molecule has 7 nitrogen and oxygen atoms in total. The number of halogens is 1. The van der Waals surface area contributed by atoms with Gasteiger partial charge in [-0.05, 0) is 36.6 Å². The smallest absolute Gasteiger partial charge is 0.313 e. The predicted molar refractivity (Wildman–Crippen MR) is 149 cm³/mol. The van der Waals surface area contributed by atoms with Gasteiger partial charge in [0, 0.05) is 29.6 Å². The number of rotatable bonds is 12. The van der Waals surface area contributed by atoms with Crippen LogP contribution in [0.15, 0.2) is 66.9 Å². The van der Waals surface area contributed by atoms with Crippen LogP contribution in [0.4, 0.5) is 0 Å². The van der Waals surface area contributed by atoms with Gasteiger partial charge < -0.3 is 14.2 Å². The lowest BCUT2D eigenvalue weighted by atomic mass is 9.88. The second-order valence-corrected chi connectivity index (χ2v) is 10.2. The highest BCUT2D eigenvalue weighted by Gasteiger charge is 2.29. The number of ether oxygens (including phenoxy) is 3. The maximum atomic E-state index is 13.2. The Labute approximate surface area is 234 Å². The van der Waals surface area contributed by atoms with Gasteiger partial charge in [-0.2, -0.15) is 0 Å². The number of nitrogens with zero attached hydrogens (tertiary/aromatic N) is 1. The zero-order chi connectivity index (χ0) is 28.5. The molecule has 2 aromatic carbocycles. The van der Waals surface area contributed by atoms with Gasteiger partial charge in [-0.3, -0.25) is 14.4 Å². The van der Waals surface area contributed by atoms with E-state index in [1.54, 1.807) is 20.8 Å². The number of benzene rings is 2. The van der Waals surface area contributed by atoms with E-state index in [9.17, 15) is 14.4 Å². The fourth-order valence-electron chi connectivity index (χ4n) is 4.08. The molecule has 39 heavy (non-hydrogen) atoms. The van der Waals surface area contributed by atoms with E-state index in [4.69, 9.17) is 25.8 Å². The molecule has 1 aromatic heterocycles. The highest BCUT2D eigenvalue weighted by molar-refractivity contribution is 6.30. The van der Waals surface area contributed by atoms with Crippen LogP contribution in [0, 0.1) is 11.8 Å². The van der Waals surface area contributed by atoms with E-state index in [0.717, 1.165) is 11.1 Å². The lowest BCUT2D eigenvalue weighted by Gasteiger charge is -2.26. The zero-order valence-corrected chi connectivity index (χ0v) is 23.6. The van der Waals surface area contributed by atoms with Crippen molar-refractivity contribution in [2.24, 2.45) is 11.8 Å². The van der Waals surface area contributed by atoms with Gasteiger partial charge in [0.1, 0.15) is 6.10 Å². The van der Waals surface area contributed by atoms with Crippen molar-refractivity contribution >= 4 is 29.3 Å². The van der Waals surface area contributed by atoms with Gasteiger partial charge in [0.15, 0.2) is 17.2 Å². The number of pyridine rings is 1. The summed E-state index contributed by atoms with van der Waals surface area (Å²) in [6.07, 6.45) is 1.39. The van der Waals surface area contributed by atoms with E-state index in [-0.39, 0.29) is 29.5 Å². The Morgan fingerprint density at radius 2 is 1.56 bits per heavy atom. The molecule has 0 aliphatic rings. The first-order valence-corrected chi connectivity index (χ1v) is 13.3. The Bertz CT molecular complexity index is 1280. The Kier molecular flexibility index (Phi) is 10.6. The molecule has 0 aliphatic heterocycles. The third kappa shape index (κ3) is 8.14. The van der Waals surface area contributed by atoms with Crippen LogP contribution in [0.2, 0.25) is 5.02 Å². The van der Waals surface area contributed by atoms with Crippen molar-refractivity contribution in [2.75, 3.05) is 7.11 Å². The molecule has 3 aromatic rings. The van der Waals surface area contributed by atoms with Crippen LogP contribution in [0.5, 0.6) is 11.5 Å². The van der Waals surface area contributed by atoms with Crippen molar-refractivity contribution in [3.05, 3.63) is 88.7 Å². The lowest BCUT2D eigenvalue weighted by molar-refractivity contribution is -0.153. The summed E-state index contributed by atoms with van der Waals surface area (Å²) in [5.41, 5.74) is 2.03. The molecule has 0 fully saturated rings. The molecule has 0 bridgehead atoms. The van der Waals surface area contributed by atoms with Gasteiger partial charge in [0.2, 0.25) is 5.75 Å². The third-order valence-electron chi connectivity index (χ3n) is 6.39. The van der Waals surface area contributed by atoms with Crippen molar-refractivity contribution in [1.29, 1.82) is 0 Å². The number of carbonyl (C=O) groups excluding carboxylic acids is 3. The first-order valence-electron chi connectivity index (χ1n) is 12.9. The average Bonchev–Trinajstić information content (AvgIpc) is 2.92. The monoisotopic (exact) mass is 551 g/mol. The van der Waals surface area contributed by atoms with Crippen molar-refractivity contribution in [2.45, 2.75) is 52.6 Å². The highest BCUT2D eigenvalue weighted by Crippen LogP contribution is 2.32. The van der Waals surface area contributed by atoms with Crippen molar-refractivity contribution in [1.82, 2.24) is 4.98 Å². The maximum Gasteiger partial charge on any atom is 0.313 e. The Hall–Kier alpha value is -3.71. The number of ketones is 1. The van der Waals surface area contributed by atoms with Crippen LogP contribution < -0.4 is 9.47 Å². The molecule has 0 unspecified atom stereocenters. The Balaban J connectivity index is 1.74. The number of aromatic nitrogens is 1. The standard InChI is InChI=1S/C31H34ClNO6/c1-19(2)30(35)39-29-27(37-5)15-16-33-28(29)26(34)17-20(3)31(36)38-21(4)25(23-9-7-6-8-10-23)18-22-11-13-24(32)14-12-22/h6-16,19-21,25H,17-18H2,1-5H3/t20-,21+,25+/m1/s1. The molecule has 1 heterocycles. The van der Waals surface area contributed by atoms with Crippen LogP contribution in [-0.4, -0.2) is 35.9 Å². The van der Waals surface area contributed by atoms with E-state index in [0.29, 0.717) is 11.4 Å². The van der Waals surface area contributed by atoms with Crippen molar-refractivity contribution in [3.8, 4) is 11.5 Å². The van der Waals surface area contributed by atoms with E-state index in [1.807, 2.05) is 61.5 Å². The van der Waals surface area contributed by atoms with Crippen molar-refractivity contribution in [3.63, 3.8) is 0 Å². The minimum atomic E-state index is -0.756. The molecule has 0 radical (unpaired) electrons. The van der Waals surface area contributed by atoms with E-state index in [2.05, 4.69) is 4.98 Å². The summed E-state index contributed by atoms with van der Waals surface area (Å²) in [6, 6.07) is 18.9. The summed E-state index contributed by atoms with van der Waals surface area (Å²) in [7, 11) is 1.41. The van der Waals surface area contributed by atoms with Gasteiger partial charge in [-0.15, -0.1) is 0 Å². The van der Waals surface area contributed by atoms with Crippen LogP contribution in [0.25, 0.3) is 0 Å². The Morgan fingerprint density at radius 1 is 0.897 bits per heavy atom. The quantitative estimate of drug-likeness (QED) is 0.188. The molecular formula is C31H34ClNO6. The van der Waals surface area contributed by atoms with Gasteiger partial charge in [0.05, 0.1) is 18.9 Å². The van der Waals surface area contributed by atoms with Crippen LogP contribution in [-0.2, 0) is 20.7 Å². The summed E-state index contributed by atoms with van der Waals surface area (Å²) in [5, 5.41) is 0.653. The summed E-state index contributed by atoms with van der Waals surface area (Å²) in [5.74, 6) is -2.61. The second-order valence-electron chi connectivity index (χ2n) is 9.78. The first-order chi connectivity index (χ1) is 18.6. The zero-order valence-electron chi connectivity index (χ0n) is 22.8. The molecule has 0 amide bonds. The van der Waals surface area contributed by atoms with E-state index >= 15 is 0 Å². The molecule has 206 valence electrons. The maximum absolute atomic E-state index is 13.2. The molecule has 0 aliphatic carbocycles. The largest absolute Gasteiger partial charge is 0.493 e. The second kappa shape index (κ2) is 13.9. The van der Waals surface area contributed by atoms with Gasteiger partial charge >= 0.3 is 11.9 Å². The molecule has 0 saturated heterocycles. The van der Waals surface area contributed by atoms with E-state index in [1.165, 1.54) is 19.4 Å². The summed E-state index contributed by atoms with van der Waals surface area (Å²) in [4.78, 5) is 42.7. The Morgan fingerprint density at radius 3 is 2.18 bits per heavy atom. The number of hydrogen-bond donors (Lipinski definition) is 0. The fourth-order valence-corrected chi connectivity index (χ4v) is 4.20. The SMILES string of the molecule is COc1ccnc(C(=O)C[C@@H](C)C(=O)O[C@@H](C)[C@H](Cc2ccc(Cl)cc2)c2ccccc2)c1OC(=O)C(C)C. The average molecular weight is 552 g/mol.